The normalized spacial score (nSPS) is 26.6. The van der Waals surface area contributed by atoms with Crippen LogP contribution in [-0.2, 0) is 6.54 Å². The molecule has 6 heteroatoms. The summed E-state index contributed by atoms with van der Waals surface area (Å²) >= 11 is 0. The number of nitrogens with zero attached hydrogens (tertiary/aromatic N) is 3. The van der Waals surface area contributed by atoms with E-state index < -0.39 is 0 Å². The minimum Gasteiger partial charge on any atom is -0.354 e. The van der Waals surface area contributed by atoms with Crippen LogP contribution >= 0.6 is 24.0 Å². The van der Waals surface area contributed by atoms with Gasteiger partial charge in [0.15, 0.2) is 5.96 Å². The van der Waals surface area contributed by atoms with Crippen LogP contribution in [0.15, 0.2) is 29.4 Å². The number of piperidine rings is 1. The molecule has 1 aliphatic heterocycles. The predicted molar refractivity (Wildman–Crippen MR) is 131 cm³/mol. The van der Waals surface area contributed by atoms with Gasteiger partial charge in [-0.1, -0.05) is 38.2 Å². The minimum absolute atomic E-state index is 0. The van der Waals surface area contributed by atoms with Gasteiger partial charge < -0.3 is 10.6 Å². The van der Waals surface area contributed by atoms with Gasteiger partial charge in [0, 0.05) is 44.5 Å². The maximum absolute atomic E-state index is 4.74. The maximum Gasteiger partial charge on any atom is 0.191 e. The summed E-state index contributed by atoms with van der Waals surface area (Å²) in [5, 5.41) is 7.49. The van der Waals surface area contributed by atoms with Crippen LogP contribution in [0.2, 0.25) is 0 Å². The molecule has 162 valence electrons. The highest BCUT2D eigenvalue weighted by molar-refractivity contribution is 14.0. The zero-order valence-electron chi connectivity index (χ0n) is 17.9. The molecular weight excluding hydrogens is 473 g/mol. The van der Waals surface area contributed by atoms with E-state index in [-0.39, 0.29) is 24.0 Å². The Hall–Kier alpha value is -0.890. The summed E-state index contributed by atoms with van der Waals surface area (Å²) in [5.41, 5.74) is 1.17. The lowest BCUT2D eigenvalue weighted by molar-refractivity contribution is 0.196. The number of hydrogen-bond donors (Lipinski definition) is 2. The zero-order valence-corrected chi connectivity index (χ0v) is 20.2. The van der Waals surface area contributed by atoms with Crippen molar-refractivity contribution in [3.05, 3.63) is 30.1 Å². The third-order valence-electron chi connectivity index (χ3n) is 6.77. The van der Waals surface area contributed by atoms with E-state index in [1.165, 1.54) is 57.1 Å². The lowest BCUT2D eigenvalue weighted by Crippen LogP contribution is -2.49. The fourth-order valence-corrected chi connectivity index (χ4v) is 5.08. The Balaban J connectivity index is 0.00000240. The van der Waals surface area contributed by atoms with E-state index in [2.05, 4.69) is 39.6 Å². The average molecular weight is 511 g/mol. The molecule has 29 heavy (non-hydrogen) atoms. The molecular formula is C23H38IN5. The molecule has 1 saturated heterocycles. The molecule has 2 aliphatic carbocycles. The fourth-order valence-electron chi connectivity index (χ4n) is 5.08. The Labute approximate surface area is 193 Å². The largest absolute Gasteiger partial charge is 0.354 e. The number of aliphatic imine (C=N–C) groups is 1. The second kappa shape index (κ2) is 11.5. The van der Waals surface area contributed by atoms with Gasteiger partial charge in [0.1, 0.15) is 0 Å². The molecule has 4 rings (SSSR count). The summed E-state index contributed by atoms with van der Waals surface area (Å²) in [4.78, 5) is 11.7. The van der Waals surface area contributed by atoms with E-state index >= 15 is 0 Å². The molecule has 2 unspecified atom stereocenters. The Kier molecular flexibility index (Phi) is 9.03. The van der Waals surface area contributed by atoms with Crippen LogP contribution in [0.25, 0.3) is 0 Å². The predicted octanol–water partition coefficient (Wildman–Crippen LogP) is 4.19. The smallest absolute Gasteiger partial charge is 0.191 e. The van der Waals surface area contributed by atoms with Gasteiger partial charge >= 0.3 is 0 Å². The molecule has 2 heterocycles. The van der Waals surface area contributed by atoms with Crippen molar-refractivity contribution in [1.82, 2.24) is 20.5 Å². The SMILES string of the molecule is CCN=C(NC1CCN(Cc2ccccn2)CC1)NC1CC1C1CCCCC1.I. The number of rotatable bonds is 6. The average Bonchev–Trinajstić information content (AvgIpc) is 3.50. The number of nitrogens with one attached hydrogen (secondary N) is 2. The van der Waals surface area contributed by atoms with E-state index in [9.17, 15) is 0 Å². The first-order valence-electron chi connectivity index (χ1n) is 11.5. The van der Waals surface area contributed by atoms with Gasteiger partial charge in [0.25, 0.3) is 0 Å². The zero-order chi connectivity index (χ0) is 19.2. The van der Waals surface area contributed by atoms with Crippen molar-refractivity contribution in [2.75, 3.05) is 19.6 Å². The molecule has 0 aromatic carbocycles. The molecule has 2 saturated carbocycles. The van der Waals surface area contributed by atoms with Crippen molar-refractivity contribution < 1.29 is 0 Å². The molecule has 1 aromatic rings. The van der Waals surface area contributed by atoms with Crippen LogP contribution in [0.1, 0.15) is 64.0 Å². The third kappa shape index (κ3) is 6.81. The van der Waals surface area contributed by atoms with Gasteiger partial charge in [-0.3, -0.25) is 14.9 Å². The highest BCUT2D eigenvalue weighted by Crippen LogP contribution is 2.44. The lowest BCUT2D eigenvalue weighted by Gasteiger charge is -2.33. The van der Waals surface area contributed by atoms with Crippen LogP contribution in [0.5, 0.6) is 0 Å². The van der Waals surface area contributed by atoms with Gasteiger partial charge in [-0.15, -0.1) is 24.0 Å². The fraction of sp³-hybridized carbons (Fsp3) is 0.739. The standard InChI is InChI=1S/C23H37N5.HI/c1-2-24-23(27-22-16-21(22)18-8-4-3-5-9-18)26-19-11-14-28(15-12-19)17-20-10-6-7-13-25-20;/h6-7,10,13,18-19,21-22H,2-5,8-9,11-12,14-17H2,1H3,(H2,24,26,27);1H. The first kappa shape index (κ1) is 22.8. The molecule has 2 N–H and O–H groups in total. The molecule has 0 spiro atoms. The summed E-state index contributed by atoms with van der Waals surface area (Å²) in [7, 11) is 0. The van der Waals surface area contributed by atoms with Crippen LogP contribution in [-0.4, -0.2) is 47.6 Å². The first-order valence-corrected chi connectivity index (χ1v) is 11.5. The number of likely N-dealkylation sites (tertiary alicyclic amines) is 1. The Morgan fingerprint density at radius 1 is 1.10 bits per heavy atom. The van der Waals surface area contributed by atoms with E-state index in [4.69, 9.17) is 4.99 Å². The van der Waals surface area contributed by atoms with Crippen molar-refractivity contribution in [2.24, 2.45) is 16.8 Å². The molecule has 5 nitrogen and oxygen atoms in total. The number of halogens is 1. The van der Waals surface area contributed by atoms with Gasteiger partial charge in [-0.05, 0) is 50.2 Å². The van der Waals surface area contributed by atoms with Gasteiger partial charge in [0.05, 0.1) is 5.69 Å². The van der Waals surface area contributed by atoms with Crippen LogP contribution in [0, 0.1) is 11.8 Å². The van der Waals surface area contributed by atoms with E-state index in [1.807, 2.05) is 12.3 Å². The van der Waals surface area contributed by atoms with Crippen molar-refractivity contribution >= 4 is 29.9 Å². The lowest BCUT2D eigenvalue weighted by atomic mass is 9.85. The number of pyridine rings is 1. The number of hydrogen-bond acceptors (Lipinski definition) is 3. The summed E-state index contributed by atoms with van der Waals surface area (Å²) < 4.78 is 0. The van der Waals surface area contributed by atoms with Gasteiger partial charge in [-0.25, -0.2) is 0 Å². The Morgan fingerprint density at radius 3 is 2.59 bits per heavy atom. The third-order valence-corrected chi connectivity index (χ3v) is 6.77. The second-order valence-corrected chi connectivity index (χ2v) is 8.89. The quantitative estimate of drug-likeness (QED) is 0.342. The summed E-state index contributed by atoms with van der Waals surface area (Å²) in [6.07, 6.45) is 12.8. The van der Waals surface area contributed by atoms with Gasteiger partial charge in [0.2, 0.25) is 0 Å². The first-order chi connectivity index (χ1) is 13.8. The van der Waals surface area contributed by atoms with E-state index in [1.54, 1.807) is 0 Å². The Morgan fingerprint density at radius 2 is 1.90 bits per heavy atom. The molecule has 1 aromatic heterocycles. The highest BCUT2D eigenvalue weighted by Gasteiger charge is 2.43. The highest BCUT2D eigenvalue weighted by atomic mass is 127. The second-order valence-electron chi connectivity index (χ2n) is 8.89. The van der Waals surface area contributed by atoms with Crippen LogP contribution in [0.3, 0.4) is 0 Å². The van der Waals surface area contributed by atoms with Crippen molar-refractivity contribution in [1.29, 1.82) is 0 Å². The maximum atomic E-state index is 4.74. The van der Waals surface area contributed by atoms with Crippen LogP contribution in [0.4, 0.5) is 0 Å². The van der Waals surface area contributed by atoms with E-state index in [0.29, 0.717) is 12.1 Å². The summed E-state index contributed by atoms with van der Waals surface area (Å²) in [5.74, 6) is 2.90. The minimum atomic E-state index is 0. The topological polar surface area (TPSA) is 52.6 Å². The molecule has 0 bridgehead atoms. The molecule has 0 amide bonds. The monoisotopic (exact) mass is 511 g/mol. The Bertz CT molecular complexity index is 623. The molecule has 3 aliphatic rings. The summed E-state index contributed by atoms with van der Waals surface area (Å²) in [6, 6.07) is 7.38. The summed E-state index contributed by atoms with van der Waals surface area (Å²) in [6.45, 7) is 6.19. The number of guanidine groups is 1. The van der Waals surface area contributed by atoms with Crippen molar-refractivity contribution in [2.45, 2.75) is 76.9 Å². The molecule has 0 radical (unpaired) electrons. The van der Waals surface area contributed by atoms with Crippen molar-refractivity contribution in [3.63, 3.8) is 0 Å². The number of aromatic nitrogens is 1. The van der Waals surface area contributed by atoms with Gasteiger partial charge in [-0.2, -0.15) is 0 Å². The molecule has 3 fully saturated rings. The van der Waals surface area contributed by atoms with E-state index in [0.717, 1.165) is 44.0 Å². The van der Waals surface area contributed by atoms with Crippen LogP contribution < -0.4 is 10.6 Å². The molecule has 2 atom stereocenters. The van der Waals surface area contributed by atoms with Crippen molar-refractivity contribution in [3.8, 4) is 0 Å².